The van der Waals surface area contributed by atoms with E-state index in [1.807, 2.05) is 4.90 Å². The van der Waals surface area contributed by atoms with E-state index in [0.717, 1.165) is 23.8 Å². The van der Waals surface area contributed by atoms with E-state index in [1.165, 1.54) is 20.2 Å². The molecule has 1 aliphatic heterocycles. The Morgan fingerprint density at radius 3 is 2.40 bits per heavy atom. The zero-order chi connectivity index (χ0) is 18.4. The summed E-state index contributed by atoms with van der Waals surface area (Å²) in [4.78, 5) is 14.8. The summed E-state index contributed by atoms with van der Waals surface area (Å²) >= 11 is 0. The lowest BCUT2D eigenvalue weighted by molar-refractivity contribution is 0.0594. The number of fused-ring (bicyclic) bond motifs is 1. The van der Waals surface area contributed by atoms with E-state index in [-0.39, 0.29) is 16.6 Å². The van der Waals surface area contributed by atoms with Crippen LogP contribution in [0.15, 0.2) is 33.6 Å². The molecule has 0 radical (unpaired) electrons. The fraction of sp³-hybridized carbons (Fsp3) is 0.500. The van der Waals surface area contributed by atoms with Crippen molar-refractivity contribution in [2.75, 3.05) is 27.2 Å². The first-order valence-corrected chi connectivity index (χ1v) is 9.88. The molecule has 2 heterocycles. The number of carbonyl (C=O) groups is 1. The predicted molar refractivity (Wildman–Crippen MR) is 95.9 cm³/mol. The molecular formula is C18H24N2O4S. The number of carbonyl (C=O) groups excluding carboxylic acids is 1. The fourth-order valence-corrected chi connectivity index (χ4v) is 4.42. The summed E-state index contributed by atoms with van der Waals surface area (Å²) in [6.07, 6.45) is 1.12. The van der Waals surface area contributed by atoms with Crippen molar-refractivity contribution in [3.63, 3.8) is 0 Å². The minimum Gasteiger partial charge on any atom is -0.451 e. The molecule has 1 aromatic carbocycles. The van der Waals surface area contributed by atoms with E-state index in [4.69, 9.17) is 4.42 Å². The summed E-state index contributed by atoms with van der Waals surface area (Å²) < 4.78 is 31.4. The number of likely N-dealkylation sites (tertiary alicyclic amines) is 1. The first-order chi connectivity index (χ1) is 11.7. The van der Waals surface area contributed by atoms with Crippen LogP contribution in [0, 0.1) is 11.8 Å². The van der Waals surface area contributed by atoms with Crippen LogP contribution < -0.4 is 0 Å². The summed E-state index contributed by atoms with van der Waals surface area (Å²) in [5, 5.41) is 0.615. The van der Waals surface area contributed by atoms with E-state index in [0.29, 0.717) is 22.8 Å². The molecule has 0 spiro atoms. The second-order valence-corrected chi connectivity index (χ2v) is 9.41. The highest BCUT2D eigenvalue weighted by atomic mass is 32.2. The van der Waals surface area contributed by atoms with E-state index in [1.54, 1.807) is 18.2 Å². The molecule has 2 atom stereocenters. The Labute approximate surface area is 148 Å². The largest absolute Gasteiger partial charge is 0.451 e. The number of rotatable bonds is 3. The van der Waals surface area contributed by atoms with Gasteiger partial charge in [0.1, 0.15) is 5.58 Å². The third-order valence-electron chi connectivity index (χ3n) is 4.63. The number of nitrogens with zero attached hydrogens (tertiary/aromatic N) is 2. The highest BCUT2D eigenvalue weighted by Crippen LogP contribution is 2.27. The van der Waals surface area contributed by atoms with E-state index in [2.05, 4.69) is 13.8 Å². The monoisotopic (exact) mass is 364 g/mol. The number of amides is 1. The number of hydrogen-bond donors (Lipinski definition) is 0. The standard InChI is InChI=1S/C18H24N2O4S/c1-12-7-13(2)11-20(10-12)18(21)17-9-14-8-15(5-6-16(14)24-17)25(22,23)19(3)4/h5-6,8-9,12-13H,7,10-11H2,1-4H3. The van der Waals surface area contributed by atoms with Crippen LogP contribution in [0.1, 0.15) is 30.8 Å². The zero-order valence-corrected chi connectivity index (χ0v) is 15.8. The molecule has 25 heavy (non-hydrogen) atoms. The Morgan fingerprint density at radius 2 is 1.80 bits per heavy atom. The number of piperidine rings is 1. The number of hydrogen-bond acceptors (Lipinski definition) is 4. The van der Waals surface area contributed by atoms with Gasteiger partial charge in [0.2, 0.25) is 10.0 Å². The number of benzene rings is 1. The third kappa shape index (κ3) is 3.43. The first-order valence-electron chi connectivity index (χ1n) is 8.44. The second-order valence-electron chi connectivity index (χ2n) is 7.25. The minimum absolute atomic E-state index is 0.133. The van der Waals surface area contributed by atoms with Gasteiger partial charge in [-0.25, -0.2) is 12.7 Å². The van der Waals surface area contributed by atoms with Crippen LogP contribution in [-0.2, 0) is 10.0 Å². The summed E-state index contributed by atoms with van der Waals surface area (Å²) in [7, 11) is -0.541. The smallest absolute Gasteiger partial charge is 0.289 e. The molecule has 136 valence electrons. The maximum atomic E-state index is 12.8. The van der Waals surface area contributed by atoms with Crippen LogP contribution in [0.3, 0.4) is 0 Å². The number of sulfonamides is 1. The van der Waals surface area contributed by atoms with Crippen molar-refractivity contribution < 1.29 is 17.6 Å². The molecule has 3 rings (SSSR count). The highest BCUT2D eigenvalue weighted by Gasteiger charge is 2.28. The molecule has 2 unspecified atom stereocenters. The first kappa shape index (κ1) is 17.9. The minimum atomic E-state index is -3.52. The van der Waals surface area contributed by atoms with Crippen molar-refractivity contribution in [3.8, 4) is 0 Å². The molecule has 0 bridgehead atoms. The fourth-order valence-electron chi connectivity index (χ4n) is 3.48. The SMILES string of the molecule is CC1CC(C)CN(C(=O)c2cc3cc(S(=O)(=O)N(C)C)ccc3o2)C1. The number of furan rings is 1. The molecule has 2 aromatic rings. The molecule has 1 aromatic heterocycles. The van der Waals surface area contributed by atoms with Crippen LogP contribution in [0.5, 0.6) is 0 Å². The van der Waals surface area contributed by atoms with Crippen LogP contribution in [-0.4, -0.2) is 50.7 Å². The van der Waals surface area contributed by atoms with Crippen LogP contribution in [0.4, 0.5) is 0 Å². The summed E-state index contributed by atoms with van der Waals surface area (Å²) in [6.45, 7) is 5.74. The van der Waals surface area contributed by atoms with Gasteiger partial charge in [-0.05, 0) is 42.5 Å². The zero-order valence-electron chi connectivity index (χ0n) is 15.0. The Balaban J connectivity index is 1.92. The van der Waals surface area contributed by atoms with Crippen molar-refractivity contribution in [1.29, 1.82) is 0 Å². The Morgan fingerprint density at radius 1 is 1.16 bits per heavy atom. The van der Waals surface area contributed by atoms with Gasteiger partial charge in [-0.3, -0.25) is 4.79 Å². The van der Waals surface area contributed by atoms with Crippen molar-refractivity contribution in [1.82, 2.24) is 9.21 Å². The summed E-state index contributed by atoms with van der Waals surface area (Å²) in [6, 6.07) is 6.28. The van der Waals surface area contributed by atoms with Crippen molar-refractivity contribution in [2.45, 2.75) is 25.2 Å². The maximum Gasteiger partial charge on any atom is 0.289 e. The molecule has 1 fully saturated rings. The molecule has 0 saturated carbocycles. The van der Waals surface area contributed by atoms with Crippen LogP contribution >= 0.6 is 0 Å². The average molecular weight is 364 g/mol. The van der Waals surface area contributed by atoms with Crippen molar-refractivity contribution >= 4 is 26.9 Å². The third-order valence-corrected chi connectivity index (χ3v) is 6.44. The van der Waals surface area contributed by atoms with Gasteiger partial charge in [-0.2, -0.15) is 0 Å². The van der Waals surface area contributed by atoms with Gasteiger partial charge in [0.15, 0.2) is 5.76 Å². The summed E-state index contributed by atoms with van der Waals surface area (Å²) in [5.74, 6) is 1.06. The van der Waals surface area contributed by atoms with Gasteiger partial charge in [-0.1, -0.05) is 13.8 Å². The molecule has 0 N–H and O–H groups in total. The van der Waals surface area contributed by atoms with E-state index >= 15 is 0 Å². The summed E-state index contributed by atoms with van der Waals surface area (Å²) in [5.41, 5.74) is 0.513. The van der Waals surface area contributed by atoms with E-state index in [9.17, 15) is 13.2 Å². The lowest BCUT2D eigenvalue weighted by Gasteiger charge is -2.34. The van der Waals surface area contributed by atoms with Crippen molar-refractivity contribution in [2.24, 2.45) is 11.8 Å². The predicted octanol–water partition coefficient (Wildman–Crippen LogP) is 2.80. The van der Waals surface area contributed by atoms with Crippen LogP contribution in [0.25, 0.3) is 11.0 Å². The van der Waals surface area contributed by atoms with Gasteiger partial charge in [0, 0.05) is 32.6 Å². The molecule has 6 nitrogen and oxygen atoms in total. The molecule has 1 aliphatic rings. The van der Waals surface area contributed by atoms with Gasteiger partial charge in [0.25, 0.3) is 5.91 Å². The lowest BCUT2D eigenvalue weighted by atomic mass is 9.92. The Bertz CT molecular complexity index is 891. The molecule has 1 amide bonds. The Hall–Kier alpha value is -1.86. The average Bonchev–Trinajstić information content (AvgIpc) is 2.96. The Kier molecular flexibility index (Phi) is 4.64. The quantitative estimate of drug-likeness (QED) is 0.840. The topological polar surface area (TPSA) is 70.8 Å². The van der Waals surface area contributed by atoms with Crippen LogP contribution in [0.2, 0.25) is 0 Å². The van der Waals surface area contributed by atoms with Gasteiger partial charge in [0.05, 0.1) is 4.90 Å². The molecule has 1 saturated heterocycles. The normalized spacial score (nSPS) is 21.9. The van der Waals surface area contributed by atoms with Crippen molar-refractivity contribution in [3.05, 3.63) is 30.0 Å². The maximum absolute atomic E-state index is 12.8. The van der Waals surface area contributed by atoms with Gasteiger partial charge >= 0.3 is 0 Å². The molecular weight excluding hydrogens is 340 g/mol. The van der Waals surface area contributed by atoms with Gasteiger partial charge in [-0.15, -0.1) is 0 Å². The molecule has 7 heteroatoms. The second kappa shape index (κ2) is 6.46. The lowest BCUT2D eigenvalue weighted by Crippen LogP contribution is -2.42. The highest BCUT2D eigenvalue weighted by molar-refractivity contribution is 7.89. The van der Waals surface area contributed by atoms with Gasteiger partial charge < -0.3 is 9.32 Å². The van der Waals surface area contributed by atoms with E-state index < -0.39 is 10.0 Å². The molecule has 0 aliphatic carbocycles.